The van der Waals surface area contributed by atoms with Gasteiger partial charge in [0.25, 0.3) is 0 Å². The smallest absolute Gasteiger partial charge is 0.119 e. The summed E-state index contributed by atoms with van der Waals surface area (Å²) in [4.78, 5) is 2.18. The van der Waals surface area contributed by atoms with Gasteiger partial charge in [-0.15, -0.1) is 0 Å². The van der Waals surface area contributed by atoms with Gasteiger partial charge < -0.3 is 15.2 Å². The molecule has 0 aliphatic carbocycles. The van der Waals surface area contributed by atoms with E-state index in [9.17, 15) is 0 Å². The molecule has 0 amide bonds. The Kier molecular flexibility index (Phi) is 6.63. The molecule has 0 radical (unpaired) electrons. The molecule has 102 valence electrons. The van der Waals surface area contributed by atoms with E-state index in [4.69, 9.17) is 15.2 Å². The van der Waals surface area contributed by atoms with Crippen molar-refractivity contribution in [2.75, 3.05) is 41.0 Å². The van der Waals surface area contributed by atoms with Gasteiger partial charge in [-0.1, -0.05) is 15.9 Å². The number of rotatable bonds is 7. The van der Waals surface area contributed by atoms with Gasteiger partial charge in [-0.25, -0.2) is 0 Å². The van der Waals surface area contributed by atoms with Crippen molar-refractivity contribution in [1.29, 1.82) is 0 Å². The Bertz CT molecular complexity index is 374. The summed E-state index contributed by atoms with van der Waals surface area (Å²) in [5.74, 6) is 0.840. The third kappa shape index (κ3) is 3.95. The van der Waals surface area contributed by atoms with Gasteiger partial charge in [-0.3, -0.25) is 4.90 Å². The zero-order valence-corrected chi connectivity index (χ0v) is 12.7. The lowest BCUT2D eigenvalue weighted by Crippen LogP contribution is -2.33. The molecule has 1 rings (SSSR count). The predicted molar refractivity (Wildman–Crippen MR) is 77.0 cm³/mol. The monoisotopic (exact) mass is 316 g/mol. The molecular formula is C13H21BrN2O2. The van der Waals surface area contributed by atoms with E-state index in [0.29, 0.717) is 13.2 Å². The highest BCUT2D eigenvalue weighted by atomic mass is 79.9. The van der Waals surface area contributed by atoms with Gasteiger partial charge in [0.1, 0.15) is 5.75 Å². The Morgan fingerprint density at radius 2 is 2.11 bits per heavy atom. The van der Waals surface area contributed by atoms with Crippen LogP contribution in [-0.4, -0.2) is 45.9 Å². The average Bonchev–Trinajstić information content (AvgIpc) is 2.39. The zero-order chi connectivity index (χ0) is 13.5. The minimum absolute atomic E-state index is 0.143. The number of hydrogen-bond acceptors (Lipinski definition) is 4. The Morgan fingerprint density at radius 3 is 2.67 bits per heavy atom. The van der Waals surface area contributed by atoms with E-state index in [1.807, 2.05) is 25.2 Å². The highest BCUT2D eigenvalue weighted by Gasteiger charge is 2.18. The van der Waals surface area contributed by atoms with E-state index in [0.717, 1.165) is 22.3 Å². The van der Waals surface area contributed by atoms with Gasteiger partial charge in [0.15, 0.2) is 0 Å². The van der Waals surface area contributed by atoms with E-state index in [1.165, 1.54) is 0 Å². The normalized spacial score (nSPS) is 12.8. The molecule has 5 heteroatoms. The zero-order valence-electron chi connectivity index (χ0n) is 11.1. The van der Waals surface area contributed by atoms with Crippen LogP contribution in [-0.2, 0) is 4.74 Å². The van der Waals surface area contributed by atoms with E-state index in [-0.39, 0.29) is 6.04 Å². The Morgan fingerprint density at radius 1 is 1.39 bits per heavy atom. The van der Waals surface area contributed by atoms with Crippen LogP contribution < -0.4 is 10.5 Å². The van der Waals surface area contributed by atoms with Crippen molar-refractivity contribution in [3.05, 3.63) is 28.2 Å². The van der Waals surface area contributed by atoms with Crippen molar-refractivity contribution < 1.29 is 9.47 Å². The van der Waals surface area contributed by atoms with Crippen LogP contribution in [0, 0.1) is 0 Å². The second-order valence-corrected chi connectivity index (χ2v) is 4.97. The van der Waals surface area contributed by atoms with Gasteiger partial charge in [0, 0.05) is 30.7 Å². The van der Waals surface area contributed by atoms with Crippen LogP contribution >= 0.6 is 15.9 Å². The first-order valence-corrected chi connectivity index (χ1v) is 6.66. The lowest BCUT2D eigenvalue weighted by molar-refractivity contribution is 0.140. The van der Waals surface area contributed by atoms with E-state index >= 15 is 0 Å². The molecule has 1 aromatic carbocycles. The second kappa shape index (κ2) is 7.74. The van der Waals surface area contributed by atoms with Crippen molar-refractivity contribution in [2.24, 2.45) is 5.73 Å². The SMILES string of the molecule is COCCN(C)C(CN)c1cc(OC)ccc1Br. The first-order valence-electron chi connectivity index (χ1n) is 5.86. The van der Waals surface area contributed by atoms with Gasteiger partial charge in [0.2, 0.25) is 0 Å². The summed E-state index contributed by atoms with van der Waals surface area (Å²) >= 11 is 3.57. The summed E-state index contributed by atoms with van der Waals surface area (Å²) in [5.41, 5.74) is 7.03. The van der Waals surface area contributed by atoms with Gasteiger partial charge in [-0.05, 0) is 30.8 Å². The van der Waals surface area contributed by atoms with Crippen molar-refractivity contribution in [2.45, 2.75) is 6.04 Å². The predicted octanol–water partition coefficient (Wildman–Crippen LogP) is 2.04. The van der Waals surface area contributed by atoms with Gasteiger partial charge in [-0.2, -0.15) is 0 Å². The average molecular weight is 317 g/mol. The molecule has 0 saturated heterocycles. The van der Waals surface area contributed by atoms with Crippen molar-refractivity contribution >= 4 is 15.9 Å². The number of methoxy groups -OCH3 is 2. The van der Waals surface area contributed by atoms with Crippen molar-refractivity contribution in [1.82, 2.24) is 4.90 Å². The summed E-state index contributed by atoms with van der Waals surface area (Å²) in [6, 6.07) is 6.08. The summed E-state index contributed by atoms with van der Waals surface area (Å²) in [6.07, 6.45) is 0. The largest absolute Gasteiger partial charge is 0.497 e. The third-order valence-corrected chi connectivity index (χ3v) is 3.69. The number of nitrogens with zero attached hydrogens (tertiary/aromatic N) is 1. The molecular weight excluding hydrogens is 296 g/mol. The summed E-state index contributed by atoms with van der Waals surface area (Å²) < 4.78 is 11.4. The molecule has 0 bridgehead atoms. The Balaban J connectivity index is 2.92. The second-order valence-electron chi connectivity index (χ2n) is 4.11. The molecule has 0 fully saturated rings. The van der Waals surface area contributed by atoms with E-state index in [1.54, 1.807) is 14.2 Å². The number of likely N-dealkylation sites (N-methyl/N-ethyl adjacent to an activating group) is 1. The van der Waals surface area contributed by atoms with Crippen molar-refractivity contribution in [3.63, 3.8) is 0 Å². The molecule has 0 spiro atoms. The van der Waals surface area contributed by atoms with Crippen LogP contribution in [0.1, 0.15) is 11.6 Å². The fourth-order valence-corrected chi connectivity index (χ4v) is 2.35. The molecule has 0 aliphatic rings. The first-order chi connectivity index (χ1) is 8.63. The molecule has 1 unspecified atom stereocenters. The number of ether oxygens (including phenoxy) is 2. The van der Waals surface area contributed by atoms with Crippen LogP contribution in [0.15, 0.2) is 22.7 Å². The molecule has 0 saturated carbocycles. The minimum atomic E-state index is 0.143. The minimum Gasteiger partial charge on any atom is -0.497 e. The molecule has 1 aromatic rings. The van der Waals surface area contributed by atoms with Crippen LogP contribution in [0.25, 0.3) is 0 Å². The summed E-state index contributed by atoms with van der Waals surface area (Å²) in [7, 11) is 5.41. The highest BCUT2D eigenvalue weighted by molar-refractivity contribution is 9.10. The topological polar surface area (TPSA) is 47.7 Å². The van der Waals surface area contributed by atoms with Crippen LogP contribution in [0.5, 0.6) is 5.75 Å². The molecule has 0 aliphatic heterocycles. The highest BCUT2D eigenvalue weighted by Crippen LogP contribution is 2.30. The fourth-order valence-electron chi connectivity index (χ4n) is 1.84. The van der Waals surface area contributed by atoms with E-state index < -0.39 is 0 Å². The Labute approximate surface area is 117 Å². The van der Waals surface area contributed by atoms with E-state index in [2.05, 4.69) is 20.8 Å². The first kappa shape index (κ1) is 15.4. The number of nitrogens with two attached hydrogens (primary N) is 1. The number of benzene rings is 1. The number of halogens is 1. The lowest BCUT2D eigenvalue weighted by atomic mass is 10.1. The molecule has 2 N–H and O–H groups in total. The molecule has 0 heterocycles. The van der Waals surface area contributed by atoms with Crippen LogP contribution in [0.2, 0.25) is 0 Å². The Hall–Kier alpha value is -0.620. The summed E-state index contributed by atoms with van der Waals surface area (Å²) in [6.45, 7) is 2.07. The molecule has 4 nitrogen and oxygen atoms in total. The standard InChI is InChI=1S/C13H21BrN2O2/c1-16(6-7-17-2)13(9-15)11-8-10(18-3)4-5-12(11)14/h4-5,8,13H,6-7,9,15H2,1-3H3. The van der Waals surface area contributed by atoms with Gasteiger partial charge in [0.05, 0.1) is 13.7 Å². The fraction of sp³-hybridized carbons (Fsp3) is 0.538. The van der Waals surface area contributed by atoms with Crippen molar-refractivity contribution in [3.8, 4) is 5.75 Å². The molecule has 0 aromatic heterocycles. The molecule has 18 heavy (non-hydrogen) atoms. The maximum Gasteiger partial charge on any atom is 0.119 e. The maximum absolute atomic E-state index is 5.89. The number of hydrogen-bond donors (Lipinski definition) is 1. The lowest BCUT2D eigenvalue weighted by Gasteiger charge is -2.28. The summed E-state index contributed by atoms with van der Waals surface area (Å²) in [5, 5.41) is 0. The third-order valence-electron chi connectivity index (χ3n) is 2.97. The van der Waals surface area contributed by atoms with Gasteiger partial charge >= 0.3 is 0 Å². The maximum atomic E-state index is 5.89. The molecule has 1 atom stereocenters. The van der Waals surface area contributed by atoms with Crippen LogP contribution in [0.3, 0.4) is 0 Å². The quantitative estimate of drug-likeness (QED) is 0.836. The van der Waals surface area contributed by atoms with Crippen LogP contribution in [0.4, 0.5) is 0 Å².